The Balaban J connectivity index is 1.87. The highest BCUT2D eigenvalue weighted by molar-refractivity contribution is 9.09. The van der Waals surface area contributed by atoms with E-state index >= 15 is 0 Å². The van der Waals surface area contributed by atoms with E-state index in [2.05, 4.69) is 15.9 Å². The van der Waals surface area contributed by atoms with Gasteiger partial charge in [0.15, 0.2) is 0 Å². The molecular formula is C10H17BrO. The molecule has 0 N–H and O–H groups in total. The van der Waals surface area contributed by atoms with Gasteiger partial charge in [0.1, 0.15) is 0 Å². The van der Waals surface area contributed by atoms with Gasteiger partial charge >= 0.3 is 0 Å². The second kappa shape index (κ2) is 3.67. The Bertz CT molecular complexity index is 148. The molecule has 0 spiro atoms. The van der Waals surface area contributed by atoms with Gasteiger partial charge in [0, 0.05) is 5.33 Å². The maximum atomic E-state index is 6.14. The van der Waals surface area contributed by atoms with Gasteiger partial charge in [-0.15, -0.1) is 0 Å². The maximum Gasteiger partial charge on any atom is 0.0782 e. The van der Waals surface area contributed by atoms with Crippen LogP contribution in [0.15, 0.2) is 0 Å². The zero-order valence-corrected chi connectivity index (χ0v) is 9.11. The summed E-state index contributed by atoms with van der Waals surface area (Å²) in [5.74, 6) is 0. The van der Waals surface area contributed by atoms with Gasteiger partial charge in [0.2, 0.25) is 0 Å². The van der Waals surface area contributed by atoms with E-state index in [1.54, 1.807) is 0 Å². The van der Waals surface area contributed by atoms with Crippen LogP contribution in [0.25, 0.3) is 0 Å². The number of hydrogen-bond donors (Lipinski definition) is 0. The van der Waals surface area contributed by atoms with E-state index in [0.717, 1.165) is 5.33 Å². The Morgan fingerprint density at radius 1 is 1.17 bits per heavy atom. The largest absolute Gasteiger partial charge is 0.371 e. The lowest BCUT2D eigenvalue weighted by molar-refractivity contribution is -0.104. The summed E-state index contributed by atoms with van der Waals surface area (Å²) in [6.45, 7) is 0. The maximum absolute atomic E-state index is 6.14. The van der Waals surface area contributed by atoms with Crippen LogP contribution in [0.5, 0.6) is 0 Å². The van der Waals surface area contributed by atoms with Crippen molar-refractivity contribution in [2.75, 3.05) is 5.33 Å². The van der Waals surface area contributed by atoms with Crippen molar-refractivity contribution in [3.8, 4) is 0 Å². The third-order valence-corrected chi connectivity index (χ3v) is 4.25. The van der Waals surface area contributed by atoms with Crippen molar-refractivity contribution in [2.45, 2.75) is 56.7 Å². The molecule has 1 nitrogen and oxygen atoms in total. The molecule has 0 radical (unpaired) electrons. The van der Waals surface area contributed by atoms with Crippen LogP contribution >= 0.6 is 15.9 Å². The van der Waals surface area contributed by atoms with Crippen LogP contribution in [0.2, 0.25) is 0 Å². The van der Waals surface area contributed by atoms with Crippen LogP contribution in [-0.2, 0) is 4.74 Å². The summed E-state index contributed by atoms with van der Waals surface area (Å²) in [7, 11) is 0. The van der Waals surface area contributed by atoms with E-state index in [0.29, 0.717) is 6.10 Å². The third kappa shape index (κ3) is 1.69. The Kier molecular flexibility index (Phi) is 2.75. The Hall–Kier alpha value is 0.440. The van der Waals surface area contributed by atoms with Gasteiger partial charge in [-0.1, -0.05) is 28.8 Å². The van der Waals surface area contributed by atoms with E-state index in [1.165, 1.54) is 44.9 Å². The van der Waals surface area contributed by atoms with Crippen molar-refractivity contribution in [3.05, 3.63) is 0 Å². The second-order valence-corrected chi connectivity index (χ2v) is 4.76. The molecule has 2 heteroatoms. The molecule has 0 aromatic carbocycles. The fourth-order valence-electron chi connectivity index (χ4n) is 2.14. The van der Waals surface area contributed by atoms with Crippen LogP contribution in [0.4, 0.5) is 0 Å². The molecule has 2 aliphatic carbocycles. The quantitative estimate of drug-likeness (QED) is 0.680. The molecule has 2 fully saturated rings. The molecule has 70 valence electrons. The first-order valence-corrected chi connectivity index (χ1v) is 6.21. The van der Waals surface area contributed by atoms with Gasteiger partial charge < -0.3 is 4.74 Å². The number of rotatable bonds is 3. The van der Waals surface area contributed by atoms with Crippen molar-refractivity contribution in [3.63, 3.8) is 0 Å². The van der Waals surface area contributed by atoms with Crippen molar-refractivity contribution in [1.29, 1.82) is 0 Å². The van der Waals surface area contributed by atoms with Crippen LogP contribution < -0.4 is 0 Å². The highest BCUT2D eigenvalue weighted by Gasteiger charge is 2.37. The lowest BCUT2D eigenvalue weighted by atomic mass is 9.94. The lowest BCUT2D eigenvalue weighted by Gasteiger charge is -2.36. The summed E-state index contributed by atoms with van der Waals surface area (Å²) in [5, 5.41) is 1.04. The minimum absolute atomic E-state index is 0.227. The zero-order chi connectivity index (χ0) is 8.44. The molecule has 0 heterocycles. The molecule has 2 rings (SSSR count). The van der Waals surface area contributed by atoms with Gasteiger partial charge in [-0.05, 0) is 32.1 Å². The molecule has 2 saturated carbocycles. The number of halogens is 1. The van der Waals surface area contributed by atoms with Gasteiger partial charge in [-0.2, -0.15) is 0 Å². The van der Waals surface area contributed by atoms with Crippen molar-refractivity contribution >= 4 is 15.9 Å². The molecule has 0 aromatic heterocycles. The lowest BCUT2D eigenvalue weighted by Crippen LogP contribution is -2.38. The molecule has 0 atom stereocenters. The molecular weight excluding hydrogens is 216 g/mol. The summed E-state index contributed by atoms with van der Waals surface area (Å²) in [5.41, 5.74) is 0.227. The predicted molar refractivity (Wildman–Crippen MR) is 53.7 cm³/mol. The predicted octanol–water partition coefficient (Wildman–Crippen LogP) is 3.26. The van der Waals surface area contributed by atoms with Crippen molar-refractivity contribution in [2.24, 2.45) is 0 Å². The topological polar surface area (TPSA) is 9.23 Å². The van der Waals surface area contributed by atoms with Crippen molar-refractivity contribution in [1.82, 2.24) is 0 Å². The average Bonchev–Trinajstić information content (AvgIpc) is 2.46. The van der Waals surface area contributed by atoms with Gasteiger partial charge in [0.05, 0.1) is 11.7 Å². The smallest absolute Gasteiger partial charge is 0.0782 e. The van der Waals surface area contributed by atoms with Crippen LogP contribution in [-0.4, -0.2) is 17.0 Å². The fraction of sp³-hybridized carbons (Fsp3) is 1.00. The SMILES string of the molecule is BrCC1(OC2CCC2)CCCC1. The minimum atomic E-state index is 0.227. The average molecular weight is 233 g/mol. The van der Waals surface area contributed by atoms with E-state index in [1.807, 2.05) is 0 Å². The Morgan fingerprint density at radius 2 is 1.83 bits per heavy atom. The van der Waals surface area contributed by atoms with Gasteiger partial charge in [0.25, 0.3) is 0 Å². The molecule has 0 saturated heterocycles. The molecule has 12 heavy (non-hydrogen) atoms. The van der Waals surface area contributed by atoms with E-state index in [4.69, 9.17) is 4.74 Å². The first-order valence-electron chi connectivity index (χ1n) is 5.08. The van der Waals surface area contributed by atoms with Gasteiger partial charge in [-0.25, -0.2) is 0 Å². The van der Waals surface area contributed by atoms with Gasteiger partial charge in [-0.3, -0.25) is 0 Å². The molecule has 0 amide bonds. The summed E-state index contributed by atoms with van der Waals surface area (Å²) >= 11 is 3.59. The summed E-state index contributed by atoms with van der Waals surface area (Å²) in [6, 6.07) is 0. The number of ether oxygens (including phenoxy) is 1. The highest BCUT2D eigenvalue weighted by Crippen LogP contribution is 2.38. The molecule has 0 bridgehead atoms. The fourth-order valence-corrected chi connectivity index (χ4v) is 2.84. The normalized spacial score (nSPS) is 28.8. The van der Waals surface area contributed by atoms with E-state index in [-0.39, 0.29) is 5.60 Å². The van der Waals surface area contributed by atoms with Crippen LogP contribution in [0.1, 0.15) is 44.9 Å². The molecule has 2 aliphatic rings. The van der Waals surface area contributed by atoms with Crippen LogP contribution in [0, 0.1) is 0 Å². The summed E-state index contributed by atoms with van der Waals surface area (Å²) in [6.07, 6.45) is 9.84. The van der Waals surface area contributed by atoms with E-state index in [9.17, 15) is 0 Å². The Morgan fingerprint density at radius 3 is 2.25 bits per heavy atom. The van der Waals surface area contributed by atoms with E-state index < -0.39 is 0 Å². The first-order chi connectivity index (χ1) is 5.85. The monoisotopic (exact) mass is 232 g/mol. The minimum Gasteiger partial charge on any atom is -0.371 e. The summed E-state index contributed by atoms with van der Waals surface area (Å²) < 4.78 is 6.14. The number of alkyl halides is 1. The van der Waals surface area contributed by atoms with Crippen molar-refractivity contribution < 1.29 is 4.74 Å². The third-order valence-electron chi connectivity index (χ3n) is 3.23. The molecule has 0 aliphatic heterocycles. The zero-order valence-electron chi connectivity index (χ0n) is 7.52. The van der Waals surface area contributed by atoms with Crippen LogP contribution in [0.3, 0.4) is 0 Å². The second-order valence-electron chi connectivity index (χ2n) is 4.19. The molecule has 0 unspecified atom stereocenters. The summed E-state index contributed by atoms with van der Waals surface area (Å²) in [4.78, 5) is 0. The first kappa shape index (κ1) is 9.01. The number of hydrogen-bond acceptors (Lipinski definition) is 1. The molecule has 0 aromatic rings. The Labute approximate surface area is 83.0 Å². The highest BCUT2D eigenvalue weighted by atomic mass is 79.9. The standard InChI is InChI=1S/C10H17BrO/c11-8-10(6-1-2-7-10)12-9-4-3-5-9/h9H,1-8H2.